The molecule has 142 valence electrons. The van der Waals surface area contributed by atoms with E-state index in [-0.39, 0.29) is 5.13 Å². The lowest BCUT2D eigenvalue weighted by Crippen LogP contribution is -2.39. The predicted octanol–water partition coefficient (Wildman–Crippen LogP) is 3.27. The summed E-state index contributed by atoms with van der Waals surface area (Å²) < 4.78 is 45.8. The third-order valence-electron chi connectivity index (χ3n) is 3.16. The number of carbonyl (C=O) groups excluding carboxylic acids is 1. The first-order valence-corrected chi connectivity index (χ1v) is 8.44. The van der Waals surface area contributed by atoms with Gasteiger partial charge in [0.05, 0.1) is 6.61 Å². The van der Waals surface area contributed by atoms with Gasteiger partial charge in [-0.3, -0.25) is 5.43 Å². The number of aromatic nitrogens is 2. The Kier molecular flexibility index (Phi) is 6.61. The zero-order valence-electron chi connectivity index (χ0n) is 14.1. The second-order valence-corrected chi connectivity index (χ2v) is 6.15. The number of hydrogen-bond acceptors (Lipinski definition) is 6. The average molecular weight is 389 g/mol. The standard InChI is InChI=1S/C15H18F3N5O2S/c1-9-4-5-11(10(2)8-9)25-7-3-6-19-13(24)21-22-14-20-12(23-26-14)15(16,17)18/h4-5,8H,3,6-7H2,1-2H3,(H2,19,21,24)(H,20,22,23). The molecule has 1 heterocycles. The molecule has 0 atom stereocenters. The van der Waals surface area contributed by atoms with Crippen LogP contribution in [0.5, 0.6) is 5.75 Å². The summed E-state index contributed by atoms with van der Waals surface area (Å²) in [5.74, 6) is -0.464. The number of aryl methyl sites for hydroxylation is 2. The van der Waals surface area contributed by atoms with E-state index in [2.05, 4.69) is 25.5 Å². The van der Waals surface area contributed by atoms with Crippen LogP contribution in [0.1, 0.15) is 23.4 Å². The van der Waals surface area contributed by atoms with E-state index in [0.717, 1.165) is 16.9 Å². The zero-order chi connectivity index (χ0) is 19.2. The first kappa shape index (κ1) is 19.8. The van der Waals surface area contributed by atoms with E-state index in [0.29, 0.717) is 31.1 Å². The molecule has 7 nitrogen and oxygen atoms in total. The van der Waals surface area contributed by atoms with Crippen LogP contribution in [0.15, 0.2) is 18.2 Å². The molecule has 2 rings (SSSR count). The van der Waals surface area contributed by atoms with Crippen LogP contribution in [-0.4, -0.2) is 28.5 Å². The van der Waals surface area contributed by atoms with Gasteiger partial charge in [0.2, 0.25) is 11.0 Å². The maximum absolute atomic E-state index is 12.3. The van der Waals surface area contributed by atoms with Gasteiger partial charge in [-0.1, -0.05) is 17.7 Å². The highest BCUT2D eigenvalue weighted by Crippen LogP contribution is 2.28. The summed E-state index contributed by atoms with van der Waals surface area (Å²) in [5.41, 5.74) is 6.64. The molecule has 0 aliphatic heterocycles. The van der Waals surface area contributed by atoms with Crippen molar-refractivity contribution in [3.8, 4) is 5.75 Å². The van der Waals surface area contributed by atoms with E-state index >= 15 is 0 Å². The molecule has 0 saturated carbocycles. The lowest BCUT2D eigenvalue weighted by atomic mass is 10.1. The second kappa shape index (κ2) is 8.70. The van der Waals surface area contributed by atoms with Crippen molar-refractivity contribution in [2.75, 3.05) is 18.6 Å². The third kappa shape index (κ3) is 6.06. The van der Waals surface area contributed by atoms with Crippen molar-refractivity contribution < 1.29 is 22.7 Å². The number of amides is 2. The van der Waals surface area contributed by atoms with Gasteiger partial charge < -0.3 is 10.1 Å². The summed E-state index contributed by atoms with van der Waals surface area (Å²) >= 11 is 0.496. The largest absolute Gasteiger partial charge is 0.493 e. The van der Waals surface area contributed by atoms with Crippen LogP contribution in [0.3, 0.4) is 0 Å². The van der Waals surface area contributed by atoms with Crippen LogP contribution in [0.2, 0.25) is 0 Å². The number of hydrogen-bond donors (Lipinski definition) is 3. The number of urea groups is 1. The van der Waals surface area contributed by atoms with Gasteiger partial charge in [-0.25, -0.2) is 10.2 Å². The van der Waals surface area contributed by atoms with Crippen LogP contribution in [0.25, 0.3) is 0 Å². The molecule has 3 N–H and O–H groups in total. The molecule has 0 radical (unpaired) electrons. The van der Waals surface area contributed by atoms with E-state index in [1.54, 1.807) is 0 Å². The number of anilines is 1. The molecule has 0 bridgehead atoms. The van der Waals surface area contributed by atoms with Crippen LogP contribution < -0.4 is 20.9 Å². The minimum atomic E-state index is -4.62. The van der Waals surface area contributed by atoms with E-state index in [4.69, 9.17) is 4.74 Å². The second-order valence-electron chi connectivity index (χ2n) is 5.40. The van der Waals surface area contributed by atoms with Crippen molar-refractivity contribution in [2.24, 2.45) is 0 Å². The normalized spacial score (nSPS) is 11.1. The number of benzene rings is 1. The molecular formula is C15H18F3N5O2S. The first-order chi connectivity index (χ1) is 12.3. The number of hydrazine groups is 1. The van der Waals surface area contributed by atoms with Crippen LogP contribution >= 0.6 is 11.5 Å². The highest BCUT2D eigenvalue weighted by molar-refractivity contribution is 7.09. The minimum Gasteiger partial charge on any atom is -0.493 e. The molecule has 1 aromatic heterocycles. The van der Waals surface area contributed by atoms with Crippen molar-refractivity contribution in [2.45, 2.75) is 26.4 Å². The molecule has 2 amide bonds. The number of halogens is 3. The van der Waals surface area contributed by atoms with Gasteiger partial charge in [-0.2, -0.15) is 22.5 Å². The number of alkyl halides is 3. The number of rotatable bonds is 7. The van der Waals surface area contributed by atoms with Crippen LogP contribution in [0, 0.1) is 13.8 Å². The summed E-state index contributed by atoms with van der Waals surface area (Å²) in [6.07, 6.45) is -4.05. The van der Waals surface area contributed by atoms with Crippen molar-refractivity contribution in [1.82, 2.24) is 20.1 Å². The number of ether oxygens (including phenoxy) is 1. The molecule has 0 unspecified atom stereocenters. The van der Waals surface area contributed by atoms with E-state index in [1.165, 1.54) is 0 Å². The Bertz CT molecular complexity index is 751. The van der Waals surface area contributed by atoms with Crippen LogP contribution in [-0.2, 0) is 6.18 Å². The summed E-state index contributed by atoms with van der Waals surface area (Å²) in [5, 5.41) is 2.38. The lowest BCUT2D eigenvalue weighted by molar-refractivity contribution is -0.144. The maximum atomic E-state index is 12.3. The molecule has 0 saturated heterocycles. The van der Waals surface area contributed by atoms with Crippen molar-refractivity contribution in [1.29, 1.82) is 0 Å². The van der Waals surface area contributed by atoms with E-state index < -0.39 is 18.0 Å². The number of nitrogens with zero attached hydrogens (tertiary/aromatic N) is 2. The highest BCUT2D eigenvalue weighted by Gasteiger charge is 2.36. The minimum absolute atomic E-state index is 0.161. The molecule has 0 fully saturated rings. The third-order valence-corrected chi connectivity index (χ3v) is 3.79. The van der Waals surface area contributed by atoms with Gasteiger partial charge in [0.1, 0.15) is 5.75 Å². The SMILES string of the molecule is Cc1ccc(OCCCNC(=O)NNc2nc(C(F)(F)F)ns2)c(C)c1. The fraction of sp³-hybridized carbons (Fsp3) is 0.400. The first-order valence-electron chi connectivity index (χ1n) is 7.66. The zero-order valence-corrected chi connectivity index (χ0v) is 14.9. The highest BCUT2D eigenvalue weighted by atomic mass is 32.1. The summed E-state index contributed by atoms with van der Waals surface area (Å²) in [4.78, 5) is 14.8. The number of nitrogens with one attached hydrogen (secondary N) is 3. The van der Waals surface area contributed by atoms with Gasteiger partial charge >= 0.3 is 12.2 Å². The summed E-state index contributed by atoms with van der Waals surface area (Å²) in [6, 6.07) is 5.27. The molecule has 2 aromatic rings. The Morgan fingerprint density at radius 3 is 2.73 bits per heavy atom. The van der Waals surface area contributed by atoms with E-state index in [1.807, 2.05) is 32.0 Å². The topological polar surface area (TPSA) is 88.2 Å². The van der Waals surface area contributed by atoms with Gasteiger partial charge in [0.25, 0.3) is 0 Å². The Morgan fingerprint density at radius 1 is 1.31 bits per heavy atom. The van der Waals surface area contributed by atoms with Crippen molar-refractivity contribution >= 4 is 22.7 Å². The fourth-order valence-electron chi connectivity index (χ4n) is 1.96. The molecular weight excluding hydrogens is 371 g/mol. The van der Waals surface area contributed by atoms with Crippen molar-refractivity contribution in [3.05, 3.63) is 35.2 Å². The van der Waals surface area contributed by atoms with Gasteiger partial charge in [-0.15, -0.1) is 0 Å². The molecule has 26 heavy (non-hydrogen) atoms. The monoisotopic (exact) mass is 389 g/mol. The van der Waals surface area contributed by atoms with Gasteiger partial charge in [0, 0.05) is 18.1 Å². The van der Waals surface area contributed by atoms with Gasteiger partial charge in [0.15, 0.2) is 0 Å². The Balaban J connectivity index is 1.62. The molecule has 11 heteroatoms. The number of carbonyl (C=O) groups is 1. The molecule has 1 aromatic carbocycles. The maximum Gasteiger partial charge on any atom is 0.452 e. The van der Waals surface area contributed by atoms with Gasteiger partial charge in [-0.05, 0) is 31.9 Å². The lowest BCUT2D eigenvalue weighted by Gasteiger charge is -2.10. The molecule has 0 spiro atoms. The average Bonchev–Trinajstić information content (AvgIpc) is 3.04. The summed E-state index contributed by atoms with van der Waals surface area (Å²) in [7, 11) is 0. The summed E-state index contributed by atoms with van der Waals surface area (Å²) in [6.45, 7) is 4.71. The molecule has 0 aliphatic carbocycles. The Labute approximate surface area is 152 Å². The van der Waals surface area contributed by atoms with Crippen molar-refractivity contribution in [3.63, 3.8) is 0 Å². The fourth-order valence-corrected chi connectivity index (χ4v) is 2.50. The van der Waals surface area contributed by atoms with Crippen LogP contribution in [0.4, 0.5) is 23.1 Å². The quantitative estimate of drug-likeness (QED) is 0.500. The molecule has 0 aliphatic rings. The smallest absolute Gasteiger partial charge is 0.452 e. The predicted molar refractivity (Wildman–Crippen MR) is 91.1 cm³/mol. The Hall–Kier alpha value is -2.56. The van der Waals surface area contributed by atoms with E-state index in [9.17, 15) is 18.0 Å². The Morgan fingerprint density at radius 2 is 2.08 bits per heavy atom.